The Morgan fingerprint density at radius 1 is 1.27 bits per heavy atom. The van der Waals surface area contributed by atoms with Crippen LogP contribution < -0.4 is 5.32 Å². The average molecular weight is 355 g/mol. The fraction of sp³-hybridized carbons (Fsp3) is 0.316. The number of amides is 1. The van der Waals surface area contributed by atoms with Crippen LogP contribution in [0.5, 0.6) is 0 Å². The molecule has 0 saturated carbocycles. The largest absolute Gasteiger partial charge is 0.347 e. The van der Waals surface area contributed by atoms with Crippen LogP contribution in [0.25, 0.3) is 5.69 Å². The second kappa shape index (κ2) is 6.74. The van der Waals surface area contributed by atoms with E-state index < -0.39 is 0 Å². The molecule has 0 radical (unpaired) electrons. The number of aromatic nitrogens is 4. The van der Waals surface area contributed by atoms with Crippen LogP contribution in [0.15, 0.2) is 43.0 Å². The predicted octanol–water partition coefficient (Wildman–Crippen LogP) is 2.97. The van der Waals surface area contributed by atoms with Gasteiger partial charge in [0.1, 0.15) is 11.5 Å². The number of benzene rings is 1. The molecular weight excluding hydrogens is 333 g/mol. The molecule has 1 aromatic carbocycles. The molecule has 0 atom stereocenters. The molecule has 3 rings (SSSR count). The summed E-state index contributed by atoms with van der Waals surface area (Å²) in [4.78, 5) is 16.4. The maximum atomic E-state index is 14.3. The van der Waals surface area contributed by atoms with Crippen molar-refractivity contribution in [2.75, 3.05) is 0 Å². The monoisotopic (exact) mass is 355 g/mol. The number of hydrogen-bond acceptors (Lipinski definition) is 3. The highest BCUT2D eigenvalue weighted by Gasteiger charge is 2.21. The standard InChI is InChI=1S/C19H22FN5O/c1-19(2,3)17-10-16(24(4)23-17)18(26)22-11-13-5-6-15(14(20)9-13)25-8-7-21-12-25/h5-10,12H,11H2,1-4H3,(H,22,26). The van der Waals surface area contributed by atoms with Gasteiger partial charge in [-0.25, -0.2) is 9.37 Å². The number of nitrogens with one attached hydrogen (secondary N) is 1. The van der Waals surface area contributed by atoms with E-state index in [0.717, 1.165) is 5.69 Å². The molecule has 0 unspecified atom stereocenters. The Morgan fingerprint density at radius 2 is 2.04 bits per heavy atom. The molecule has 0 aliphatic heterocycles. The zero-order chi connectivity index (χ0) is 18.9. The van der Waals surface area contributed by atoms with E-state index in [2.05, 4.69) is 15.4 Å². The summed E-state index contributed by atoms with van der Waals surface area (Å²) in [7, 11) is 1.74. The Balaban J connectivity index is 1.70. The molecule has 6 nitrogen and oxygen atoms in total. The van der Waals surface area contributed by atoms with E-state index in [9.17, 15) is 9.18 Å². The second-order valence-electron chi connectivity index (χ2n) is 7.23. The van der Waals surface area contributed by atoms with Crippen molar-refractivity contribution in [3.8, 4) is 5.69 Å². The highest BCUT2D eigenvalue weighted by molar-refractivity contribution is 5.92. The zero-order valence-corrected chi connectivity index (χ0v) is 15.3. The van der Waals surface area contributed by atoms with Crippen molar-refractivity contribution in [3.63, 3.8) is 0 Å². The lowest BCUT2D eigenvalue weighted by molar-refractivity contribution is 0.0941. The Morgan fingerprint density at radius 3 is 2.62 bits per heavy atom. The van der Waals surface area contributed by atoms with Crippen molar-refractivity contribution >= 4 is 5.91 Å². The summed E-state index contributed by atoms with van der Waals surface area (Å²) in [6.07, 6.45) is 4.80. The van der Waals surface area contributed by atoms with E-state index in [1.165, 1.54) is 12.4 Å². The highest BCUT2D eigenvalue weighted by atomic mass is 19.1. The van der Waals surface area contributed by atoms with Gasteiger partial charge in [0.15, 0.2) is 0 Å². The molecule has 136 valence electrons. The van der Waals surface area contributed by atoms with Crippen molar-refractivity contribution in [2.45, 2.75) is 32.7 Å². The highest BCUT2D eigenvalue weighted by Crippen LogP contribution is 2.21. The Labute approximate surface area is 151 Å². The number of hydrogen-bond donors (Lipinski definition) is 1. The molecule has 0 spiro atoms. The van der Waals surface area contributed by atoms with Crippen LogP contribution in [0.4, 0.5) is 4.39 Å². The summed E-state index contributed by atoms with van der Waals surface area (Å²) in [5.41, 5.74) is 2.28. The van der Waals surface area contributed by atoms with E-state index in [4.69, 9.17) is 0 Å². The van der Waals surface area contributed by atoms with Crippen LogP contribution in [0.1, 0.15) is 42.5 Å². The Kier molecular flexibility index (Phi) is 4.63. The first-order valence-corrected chi connectivity index (χ1v) is 8.35. The third-order valence-corrected chi connectivity index (χ3v) is 4.13. The van der Waals surface area contributed by atoms with Crippen molar-refractivity contribution in [2.24, 2.45) is 7.05 Å². The van der Waals surface area contributed by atoms with Crippen molar-refractivity contribution in [1.82, 2.24) is 24.6 Å². The normalized spacial score (nSPS) is 11.6. The van der Waals surface area contributed by atoms with Crippen molar-refractivity contribution in [3.05, 3.63) is 65.8 Å². The molecule has 1 N–H and O–H groups in total. The van der Waals surface area contributed by atoms with E-state index in [0.29, 0.717) is 16.9 Å². The zero-order valence-electron chi connectivity index (χ0n) is 15.3. The van der Waals surface area contributed by atoms with Crippen LogP contribution in [-0.2, 0) is 19.0 Å². The van der Waals surface area contributed by atoms with Gasteiger partial charge in [0.2, 0.25) is 0 Å². The first-order valence-electron chi connectivity index (χ1n) is 8.35. The summed E-state index contributed by atoms with van der Waals surface area (Å²) < 4.78 is 17.5. The smallest absolute Gasteiger partial charge is 0.269 e. The lowest BCUT2D eigenvalue weighted by Gasteiger charge is -2.13. The van der Waals surface area contributed by atoms with Gasteiger partial charge in [-0.15, -0.1) is 0 Å². The average Bonchev–Trinajstić information content (AvgIpc) is 3.22. The fourth-order valence-electron chi connectivity index (χ4n) is 2.59. The minimum absolute atomic E-state index is 0.136. The molecule has 0 aliphatic rings. The summed E-state index contributed by atoms with van der Waals surface area (Å²) >= 11 is 0. The molecule has 2 aromatic heterocycles. The van der Waals surface area contributed by atoms with Crippen LogP contribution in [-0.4, -0.2) is 25.2 Å². The first-order chi connectivity index (χ1) is 12.3. The number of rotatable bonds is 4. The SMILES string of the molecule is Cn1nc(C(C)(C)C)cc1C(=O)NCc1ccc(-n2ccnc2)c(F)c1. The quantitative estimate of drug-likeness (QED) is 0.782. The van der Waals surface area contributed by atoms with Crippen molar-refractivity contribution < 1.29 is 9.18 Å². The Bertz CT molecular complexity index is 922. The van der Waals surface area contributed by atoms with Gasteiger partial charge >= 0.3 is 0 Å². The molecule has 0 saturated heterocycles. The molecule has 1 amide bonds. The van der Waals surface area contributed by atoms with Crippen LogP contribution in [0, 0.1) is 5.82 Å². The van der Waals surface area contributed by atoms with E-state index >= 15 is 0 Å². The van der Waals surface area contributed by atoms with Gasteiger partial charge in [-0.2, -0.15) is 5.10 Å². The lowest BCUT2D eigenvalue weighted by atomic mass is 9.92. The van der Waals surface area contributed by atoms with Gasteiger partial charge in [0.25, 0.3) is 5.91 Å². The van der Waals surface area contributed by atoms with Crippen LogP contribution in [0.2, 0.25) is 0 Å². The van der Waals surface area contributed by atoms with Gasteiger partial charge in [-0.3, -0.25) is 9.48 Å². The number of nitrogens with zero attached hydrogens (tertiary/aromatic N) is 4. The number of carbonyl (C=O) groups is 1. The lowest BCUT2D eigenvalue weighted by Crippen LogP contribution is -2.25. The summed E-state index contributed by atoms with van der Waals surface area (Å²) in [5, 5.41) is 7.22. The van der Waals surface area contributed by atoms with Crippen LogP contribution in [0.3, 0.4) is 0 Å². The number of carbonyl (C=O) groups excluding carboxylic acids is 1. The van der Waals surface area contributed by atoms with E-state index in [1.54, 1.807) is 46.9 Å². The summed E-state index contributed by atoms with van der Waals surface area (Å²) in [5.74, 6) is -0.611. The van der Waals surface area contributed by atoms with Crippen molar-refractivity contribution in [1.29, 1.82) is 0 Å². The topological polar surface area (TPSA) is 64.7 Å². The van der Waals surface area contributed by atoms with Gasteiger partial charge in [0.05, 0.1) is 17.7 Å². The first kappa shape index (κ1) is 17.8. The number of aryl methyl sites for hydroxylation is 1. The second-order valence-corrected chi connectivity index (χ2v) is 7.23. The van der Waals surface area contributed by atoms with E-state index in [1.807, 2.05) is 20.8 Å². The van der Waals surface area contributed by atoms with Crippen LogP contribution >= 0.6 is 0 Å². The molecular formula is C19H22FN5O. The third kappa shape index (κ3) is 3.66. The minimum Gasteiger partial charge on any atom is -0.347 e. The Hall–Kier alpha value is -2.96. The number of imidazole rings is 1. The summed E-state index contributed by atoms with van der Waals surface area (Å²) in [6.45, 7) is 6.36. The molecule has 3 aromatic rings. The number of halogens is 1. The fourth-order valence-corrected chi connectivity index (χ4v) is 2.59. The predicted molar refractivity (Wildman–Crippen MR) is 96.6 cm³/mol. The maximum absolute atomic E-state index is 14.3. The van der Waals surface area contributed by atoms with E-state index in [-0.39, 0.29) is 23.7 Å². The van der Waals surface area contributed by atoms with Gasteiger partial charge in [-0.05, 0) is 23.8 Å². The maximum Gasteiger partial charge on any atom is 0.269 e. The van der Waals surface area contributed by atoms with Gasteiger partial charge in [0, 0.05) is 31.4 Å². The molecule has 7 heteroatoms. The molecule has 2 heterocycles. The molecule has 0 fully saturated rings. The summed E-state index contributed by atoms with van der Waals surface area (Å²) in [6, 6.07) is 6.65. The van der Waals surface area contributed by atoms with Gasteiger partial charge in [-0.1, -0.05) is 26.8 Å². The molecule has 0 bridgehead atoms. The molecule has 0 aliphatic carbocycles. The van der Waals surface area contributed by atoms with Gasteiger partial charge < -0.3 is 9.88 Å². The minimum atomic E-state index is -0.370. The molecule has 26 heavy (non-hydrogen) atoms. The third-order valence-electron chi connectivity index (χ3n) is 4.13.